The maximum Gasteiger partial charge on any atom is 0.264 e. The zero-order valence-electron chi connectivity index (χ0n) is 11.8. The minimum absolute atomic E-state index is 0.112. The first-order chi connectivity index (χ1) is 10.4. The van der Waals surface area contributed by atoms with Gasteiger partial charge in [0.25, 0.3) is 10.0 Å². The highest BCUT2D eigenvalue weighted by atomic mass is 79.9. The van der Waals surface area contributed by atoms with E-state index >= 15 is 0 Å². The number of anilines is 1. The molecule has 0 bridgehead atoms. The predicted molar refractivity (Wildman–Crippen MR) is 84.5 cm³/mol. The molecule has 0 saturated heterocycles. The monoisotopic (exact) mass is 389 g/mol. The highest BCUT2D eigenvalue weighted by Gasteiger charge is 2.22. The van der Waals surface area contributed by atoms with Crippen molar-refractivity contribution in [1.29, 1.82) is 0 Å². The normalized spacial score (nSPS) is 11.1. The van der Waals surface area contributed by atoms with Gasteiger partial charge in [0.2, 0.25) is 0 Å². The van der Waals surface area contributed by atoms with Crippen LogP contribution in [0, 0.1) is 5.82 Å². The molecule has 0 aliphatic carbocycles. The summed E-state index contributed by atoms with van der Waals surface area (Å²) in [4.78, 5) is -0.523. The smallest absolute Gasteiger partial charge is 0.264 e. The van der Waals surface area contributed by atoms with E-state index in [0.29, 0.717) is 10.2 Å². The van der Waals surface area contributed by atoms with Crippen molar-refractivity contribution in [1.82, 2.24) is 0 Å². The largest absolute Gasteiger partial charge is 0.493 e. The highest BCUT2D eigenvalue weighted by molar-refractivity contribution is 9.10. The van der Waals surface area contributed by atoms with Crippen LogP contribution < -0.4 is 14.2 Å². The maximum absolute atomic E-state index is 14.1. The molecule has 0 amide bonds. The van der Waals surface area contributed by atoms with E-state index in [9.17, 15) is 12.8 Å². The van der Waals surface area contributed by atoms with E-state index in [1.807, 2.05) is 0 Å². The topological polar surface area (TPSA) is 64.6 Å². The Bertz CT molecular complexity index is 795. The first-order valence-electron chi connectivity index (χ1n) is 6.07. The zero-order valence-corrected chi connectivity index (χ0v) is 14.2. The van der Waals surface area contributed by atoms with Gasteiger partial charge in [0.05, 0.1) is 14.2 Å². The Hall–Kier alpha value is -1.80. The number of benzene rings is 2. The fourth-order valence-electron chi connectivity index (χ4n) is 1.80. The minimum atomic E-state index is -4.10. The summed E-state index contributed by atoms with van der Waals surface area (Å²) in [5, 5.41) is 0. The van der Waals surface area contributed by atoms with Crippen LogP contribution in [0.3, 0.4) is 0 Å². The molecule has 22 heavy (non-hydrogen) atoms. The third-order valence-electron chi connectivity index (χ3n) is 2.80. The van der Waals surface area contributed by atoms with E-state index in [1.165, 1.54) is 14.2 Å². The molecule has 0 unspecified atom stereocenters. The van der Waals surface area contributed by atoms with Gasteiger partial charge in [0.1, 0.15) is 10.7 Å². The highest BCUT2D eigenvalue weighted by Crippen LogP contribution is 2.32. The molecule has 0 atom stereocenters. The first kappa shape index (κ1) is 16.6. The van der Waals surface area contributed by atoms with Crippen LogP contribution in [0.4, 0.5) is 10.1 Å². The van der Waals surface area contributed by atoms with Gasteiger partial charge in [-0.15, -0.1) is 0 Å². The standard InChI is InChI=1S/C14H13BrFNO4S/c1-20-12-7-11(16)14(8-13(12)21-2)22(18,19)17-10-5-3-4-9(15)6-10/h3-8,17H,1-2H3. The molecule has 0 heterocycles. The average molecular weight is 390 g/mol. The van der Waals surface area contributed by atoms with Gasteiger partial charge >= 0.3 is 0 Å². The second kappa shape index (κ2) is 6.53. The lowest BCUT2D eigenvalue weighted by molar-refractivity contribution is 0.350. The summed E-state index contributed by atoms with van der Waals surface area (Å²) in [6.45, 7) is 0. The number of rotatable bonds is 5. The van der Waals surface area contributed by atoms with Crippen molar-refractivity contribution in [3.05, 3.63) is 46.7 Å². The third kappa shape index (κ3) is 3.50. The van der Waals surface area contributed by atoms with E-state index in [0.717, 1.165) is 12.1 Å². The zero-order chi connectivity index (χ0) is 16.3. The number of hydrogen-bond donors (Lipinski definition) is 1. The van der Waals surface area contributed by atoms with Crippen molar-refractivity contribution in [2.24, 2.45) is 0 Å². The van der Waals surface area contributed by atoms with Crippen molar-refractivity contribution in [2.45, 2.75) is 4.90 Å². The molecule has 0 aliphatic heterocycles. The van der Waals surface area contributed by atoms with Crippen LogP contribution in [0.5, 0.6) is 11.5 Å². The summed E-state index contributed by atoms with van der Waals surface area (Å²) in [5.74, 6) is -0.694. The number of ether oxygens (including phenoxy) is 2. The number of sulfonamides is 1. The molecule has 0 aliphatic rings. The molecular formula is C14H13BrFNO4S. The van der Waals surface area contributed by atoms with Crippen molar-refractivity contribution in [2.75, 3.05) is 18.9 Å². The van der Waals surface area contributed by atoms with Crippen molar-refractivity contribution in [3.63, 3.8) is 0 Å². The molecule has 5 nitrogen and oxygen atoms in total. The van der Waals surface area contributed by atoms with E-state index in [2.05, 4.69) is 20.7 Å². The predicted octanol–water partition coefficient (Wildman–Crippen LogP) is 3.41. The molecule has 2 rings (SSSR count). The van der Waals surface area contributed by atoms with Gasteiger partial charge in [-0.3, -0.25) is 4.72 Å². The van der Waals surface area contributed by atoms with E-state index in [1.54, 1.807) is 24.3 Å². The number of hydrogen-bond acceptors (Lipinski definition) is 4. The minimum Gasteiger partial charge on any atom is -0.493 e. The van der Waals surface area contributed by atoms with Gasteiger partial charge in [-0.1, -0.05) is 22.0 Å². The van der Waals surface area contributed by atoms with Crippen LogP contribution in [0.25, 0.3) is 0 Å². The summed E-state index contributed by atoms with van der Waals surface area (Å²) >= 11 is 3.24. The molecule has 1 N–H and O–H groups in total. The van der Waals surface area contributed by atoms with Gasteiger partial charge in [0, 0.05) is 22.3 Å². The molecule has 0 saturated carbocycles. The lowest BCUT2D eigenvalue weighted by Gasteiger charge is -2.13. The summed E-state index contributed by atoms with van der Waals surface area (Å²) in [6.07, 6.45) is 0. The van der Waals surface area contributed by atoms with E-state index in [4.69, 9.17) is 9.47 Å². The number of methoxy groups -OCH3 is 2. The molecular weight excluding hydrogens is 377 g/mol. The van der Waals surface area contributed by atoms with Crippen molar-refractivity contribution in [3.8, 4) is 11.5 Å². The first-order valence-corrected chi connectivity index (χ1v) is 8.35. The van der Waals surface area contributed by atoms with Gasteiger partial charge in [-0.25, -0.2) is 12.8 Å². The van der Waals surface area contributed by atoms with Crippen LogP contribution in [-0.4, -0.2) is 22.6 Å². The summed E-state index contributed by atoms with van der Waals surface area (Å²) < 4.78 is 51.7. The Morgan fingerprint density at radius 3 is 2.32 bits per heavy atom. The molecule has 0 fully saturated rings. The van der Waals surface area contributed by atoms with Crippen molar-refractivity contribution < 1.29 is 22.3 Å². The molecule has 118 valence electrons. The fraction of sp³-hybridized carbons (Fsp3) is 0.143. The van der Waals surface area contributed by atoms with E-state index in [-0.39, 0.29) is 11.5 Å². The Morgan fingerprint density at radius 2 is 1.73 bits per heavy atom. The summed E-state index contributed by atoms with van der Waals surface area (Å²) in [7, 11) is -1.42. The van der Waals surface area contributed by atoms with Gasteiger partial charge < -0.3 is 9.47 Å². The fourth-order valence-corrected chi connectivity index (χ4v) is 3.33. The molecule has 2 aromatic carbocycles. The molecule has 0 spiro atoms. The Kier molecular flexibility index (Phi) is 4.92. The number of nitrogens with one attached hydrogen (secondary N) is 1. The molecule has 0 radical (unpaired) electrons. The quantitative estimate of drug-likeness (QED) is 0.850. The Morgan fingerprint density at radius 1 is 1.09 bits per heavy atom. The van der Waals surface area contributed by atoms with Gasteiger partial charge in [-0.2, -0.15) is 0 Å². The third-order valence-corrected chi connectivity index (χ3v) is 4.69. The SMILES string of the molecule is COc1cc(F)c(S(=O)(=O)Nc2cccc(Br)c2)cc1OC. The van der Waals surface area contributed by atoms with Crippen LogP contribution in [-0.2, 0) is 10.0 Å². The molecule has 2 aromatic rings. The van der Waals surface area contributed by atoms with Crippen LogP contribution in [0.15, 0.2) is 45.8 Å². The number of halogens is 2. The molecule has 0 aromatic heterocycles. The summed E-state index contributed by atoms with van der Waals surface area (Å²) in [5.41, 5.74) is 0.309. The van der Waals surface area contributed by atoms with Crippen LogP contribution in [0.1, 0.15) is 0 Å². The van der Waals surface area contributed by atoms with E-state index < -0.39 is 20.7 Å². The molecule has 8 heteroatoms. The Balaban J connectivity index is 2.45. The van der Waals surface area contributed by atoms with Gasteiger partial charge in [-0.05, 0) is 18.2 Å². The second-order valence-electron chi connectivity index (χ2n) is 4.25. The lowest BCUT2D eigenvalue weighted by atomic mass is 10.3. The van der Waals surface area contributed by atoms with Crippen LogP contribution >= 0.6 is 15.9 Å². The van der Waals surface area contributed by atoms with Crippen molar-refractivity contribution >= 4 is 31.6 Å². The average Bonchev–Trinajstić information content (AvgIpc) is 2.46. The maximum atomic E-state index is 14.1. The van der Waals surface area contributed by atoms with Gasteiger partial charge in [0.15, 0.2) is 11.5 Å². The van der Waals surface area contributed by atoms with Crippen LogP contribution in [0.2, 0.25) is 0 Å². The lowest BCUT2D eigenvalue weighted by Crippen LogP contribution is -2.15. The summed E-state index contributed by atoms with van der Waals surface area (Å²) in [6, 6.07) is 8.57. The Labute approximate surface area is 136 Å². The second-order valence-corrected chi connectivity index (χ2v) is 6.82.